The zero-order valence-electron chi connectivity index (χ0n) is 16.3. The molecule has 8 heteroatoms. The molecule has 1 aliphatic rings. The highest BCUT2D eigenvalue weighted by molar-refractivity contribution is 5.84. The SMILES string of the molecule is O=C(CCNC(=O)OCC1c2ccccc2-c2ccccc21)N[C@H](CCO)C(=O)O. The van der Waals surface area contributed by atoms with Crippen LogP contribution in [-0.2, 0) is 14.3 Å². The fourth-order valence-corrected chi connectivity index (χ4v) is 3.58. The minimum absolute atomic E-state index is 0.00791. The Bertz CT molecular complexity index is 884. The van der Waals surface area contributed by atoms with Crippen molar-refractivity contribution in [1.82, 2.24) is 10.6 Å². The van der Waals surface area contributed by atoms with Crippen molar-refractivity contribution in [3.8, 4) is 11.1 Å². The van der Waals surface area contributed by atoms with Crippen molar-refractivity contribution in [2.24, 2.45) is 0 Å². The molecular weight excluding hydrogens is 388 g/mol. The van der Waals surface area contributed by atoms with Crippen molar-refractivity contribution in [3.63, 3.8) is 0 Å². The van der Waals surface area contributed by atoms with Crippen molar-refractivity contribution < 1.29 is 29.3 Å². The van der Waals surface area contributed by atoms with Gasteiger partial charge in [0.1, 0.15) is 12.6 Å². The minimum atomic E-state index is -1.22. The Kier molecular flexibility index (Phi) is 7.03. The van der Waals surface area contributed by atoms with Crippen LogP contribution in [-0.4, -0.2) is 54.0 Å². The summed E-state index contributed by atoms with van der Waals surface area (Å²) in [5.74, 6) is -1.81. The second kappa shape index (κ2) is 9.89. The van der Waals surface area contributed by atoms with Crippen molar-refractivity contribution in [1.29, 1.82) is 0 Å². The Balaban J connectivity index is 1.48. The van der Waals surface area contributed by atoms with E-state index in [1.54, 1.807) is 0 Å². The number of carboxylic acid groups (broad SMARTS) is 1. The van der Waals surface area contributed by atoms with E-state index in [0.29, 0.717) is 0 Å². The number of aliphatic hydroxyl groups excluding tert-OH is 1. The molecule has 30 heavy (non-hydrogen) atoms. The predicted octanol–water partition coefficient (Wildman–Crippen LogP) is 1.87. The zero-order chi connectivity index (χ0) is 21.5. The van der Waals surface area contributed by atoms with E-state index in [-0.39, 0.29) is 38.5 Å². The van der Waals surface area contributed by atoms with Crippen molar-refractivity contribution in [2.75, 3.05) is 19.8 Å². The molecule has 2 amide bonds. The molecule has 0 saturated carbocycles. The Labute approximate surface area is 173 Å². The van der Waals surface area contributed by atoms with Gasteiger partial charge in [0.25, 0.3) is 0 Å². The molecule has 1 atom stereocenters. The molecule has 0 spiro atoms. The number of nitrogens with one attached hydrogen (secondary N) is 2. The number of aliphatic hydroxyl groups is 1. The maximum atomic E-state index is 12.0. The molecule has 0 fully saturated rings. The average molecular weight is 412 g/mol. The Hall–Kier alpha value is -3.39. The first-order chi connectivity index (χ1) is 14.5. The highest BCUT2D eigenvalue weighted by Crippen LogP contribution is 2.44. The lowest BCUT2D eigenvalue weighted by Gasteiger charge is -2.15. The lowest BCUT2D eigenvalue weighted by molar-refractivity contribution is -0.142. The third kappa shape index (κ3) is 4.96. The number of carboxylic acids is 1. The van der Waals surface area contributed by atoms with E-state index in [9.17, 15) is 14.4 Å². The van der Waals surface area contributed by atoms with Crippen LogP contribution in [0.1, 0.15) is 29.9 Å². The summed E-state index contributed by atoms with van der Waals surface area (Å²) < 4.78 is 5.37. The second-order valence-corrected chi connectivity index (χ2v) is 6.97. The van der Waals surface area contributed by atoms with Gasteiger partial charge < -0.3 is 25.6 Å². The summed E-state index contributed by atoms with van der Waals surface area (Å²) in [6.45, 7) is -0.174. The smallest absolute Gasteiger partial charge is 0.407 e. The Morgan fingerprint density at radius 2 is 1.60 bits per heavy atom. The predicted molar refractivity (Wildman–Crippen MR) is 109 cm³/mol. The molecule has 0 bridgehead atoms. The first-order valence-electron chi connectivity index (χ1n) is 9.73. The summed E-state index contributed by atoms with van der Waals surface area (Å²) in [5, 5.41) is 22.6. The van der Waals surface area contributed by atoms with Crippen LogP contribution in [0.5, 0.6) is 0 Å². The molecule has 4 N–H and O–H groups in total. The van der Waals surface area contributed by atoms with E-state index >= 15 is 0 Å². The van der Waals surface area contributed by atoms with Gasteiger partial charge in [-0.25, -0.2) is 9.59 Å². The van der Waals surface area contributed by atoms with Crippen molar-refractivity contribution in [3.05, 3.63) is 59.7 Å². The van der Waals surface area contributed by atoms with E-state index in [2.05, 4.69) is 10.6 Å². The van der Waals surface area contributed by atoms with E-state index in [1.807, 2.05) is 48.5 Å². The fraction of sp³-hybridized carbons (Fsp3) is 0.318. The largest absolute Gasteiger partial charge is 0.480 e. The van der Waals surface area contributed by atoms with Crippen LogP contribution in [0.15, 0.2) is 48.5 Å². The number of ether oxygens (including phenoxy) is 1. The average Bonchev–Trinajstić information content (AvgIpc) is 3.06. The molecule has 158 valence electrons. The third-order valence-corrected chi connectivity index (χ3v) is 5.02. The Morgan fingerprint density at radius 1 is 1.00 bits per heavy atom. The molecule has 0 unspecified atom stereocenters. The summed E-state index contributed by atoms with van der Waals surface area (Å²) in [7, 11) is 0. The normalized spacial score (nSPS) is 13.1. The summed E-state index contributed by atoms with van der Waals surface area (Å²) in [5.41, 5.74) is 4.48. The van der Waals surface area contributed by atoms with E-state index in [4.69, 9.17) is 14.9 Å². The third-order valence-electron chi connectivity index (χ3n) is 5.02. The topological polar surface area (TPSA) is 125 Å². The van der Waals surface area contributed by atoms with Crippen LogP contribution in [0.25, 0.3) is 11.1 Å². The number of hydrogen-bond donors (Lipinski definition) is 4. The summed E-state index contributed by atoms with van der Waals surface area (Å²) >= 11 is 0. The number of alkyl carbamates (subject to hydrolysis) is 1. The number of carbonyl (C=O) groups excluding carboxylic acids is 2. The van der Waals surface area contributed by atoms with Crippen LogP contribution in [0.4, 0.5) is 4.79 Å². The van der Waals surface area contributed by atoms with Gasteiger partial charge in [0.05, 0.1) is 0 Å². The van der Waals surface area contributed by atoms with Gasteiger partial charge in [0, 0.05) is 31.9 Å². The van der Waals surface area contributed by atoms with E-state index in [1.165, 1.54) is 0 Å². The van der Waals surface area contributed by atoms with Crippen molar-refractivity contribution >= 4 is 18.0 Å². The van der Waals surface area contributed by atoms with Gasteiger partial charge in [-0.1, -0.05) is 48.5 Å². The van der Waals surface area contributed by atoms with E-state index < -0.39 is 24.0 Å². The van der Waals surface area contributed by atoms with E-state index in [0.717, 1.165) is 22.3 Å². The van der Waals surface area contributed by atoms with Crippen LogP contribution >= 0.6 is 0 Å². The quantitative estimate of drug-likeness (QED) is 0.498. The molecule has 8 nitrogen and oxygen atoms in total. The number of rotatable bonds is 9. The number of amides is 2. The summed E-state index contributed by atoms with van der Waals surface area (Å²) in [4.78, 5) is 34.8. The number of benzene rings is 2. The number of carbonyl (C=O) groups is 3. The monoisotopic (exact) mass is 412 g/mol. The number of fused-ring (bicyclic) bond motifs is 3. The van der Waals surface area contributed by atoms with Crippen LogP contribution in [0, 0.1) is 0 Å². The zero-order valence-corrected chi connectivity index (χ0v) is 16.3. The molecule has 3 rings (SSSR count). The van der Waals surface area contributed by atoms with Crippen LogP contribution in [0.3, 0.4) is 0 Å². The lowest BCUT2D eigenvalue weighted by Crippen LogP contribution is -2.42. The first-order valence-corrected chi connectivity index (χ1v) is 9.73. The maximum absolute atomic E-state index is 12.0. The highest BCUT2D eigenvalue weighted by atomic mass is 16.5. The Morgan fingerprint density at radius 3 is 2.17 bits per heavy atom. The molecule has 0 aromatic heterocycles. The number of aliphatic carboxylic acids is 1. The van der Waals surface area contributed by atoms with Gasteiger partial charge in [-0.3, -0.25) is 4.79 Å². The summed E-state index contributed by atoms with van der Waals surface area (Å²) in [6.07, 6.45) is -0.824. The molecule has 0 aliphatic heterocycles. The molecule has 0 radical (unpaired) electrons. The second-order valence-electron chi connectivity index (χ2n) is 6.97. The standard InChI is InChI=1S/C22H24N2O6/c25-12-10-19(21(27)28)24-20(26)9-11-23-22(29)30-13-18-16-7-3-1-5-14(16)15-6-2-4-8-17(15)18/h1-8,18-19,25H,9-13H2,(H,23,29)(H,24,26)(H,27,28)/t19-/m1/s1. The molecule has 2 aromatic carbocycles. The van der Waals surface area contributed by atoms with Gasteiger partial charge in [0.2, 0.25) is 5.91 Å². The minimum Gasteiger partial charge on any atom is -0.480 e. The molecule has 0 heterocycles. The van der Waals surface area contributed by atoms with Gasteiger partial charge in [0.15, 0.2) is 0 Å². The molecule has 2 aromatic rings. The van der Waals surface area contributed by atoms with Crippen LogP contribution in [0.2, 0.25) is 0 Å². The molecule has 0 saturated heterocycles. The number of hydrogen-bond acceptors (Lipinski definition) is 5. The van der Waals surface area contributed by atoms with Gasteiger partial charge in [-0.2, -0.15) is 0 Å². The summed E-state index contributed by atoms with van der Waals surface area (Å²) in [6, 6.07) is 14.9. The molecule has 1 aliphatic carbocycles. The maximum Gasteiger partial charge on any atom is 0.407 e. The molecular formula is C22H24N2O6. The van der Waals surface area contributed by atoms with Gasteiger partial charge in [-0.15, -0.1) is 0 Å². The van der Waals surface area contributed by atoms with Crippen molar-refractivity contribution in [2.45, 2.75) is 24.8 Å². The van der Waals surface area contributed by atoms with Gasteiger partial charge >= 0.3 is 12.1 Å². The van der Waals surface area contributed by atoms with Crippen LogP contribution < -0.4 is 10.6 Å². The highest BCUT2D eigenvalue weighted by Gasteiger charge is 2.29. The van der Waals surface area contributed by atoms with Gasteiger partial charge in [-0.05, 0) is 22.3 Å². The fourth-order valence-electron chi connectivity index (χ4n) is 3.58. The lowest BCUT2D eigenvalue weighted by atomic mass is 9.98. The first kappa shape index (κ1) is 21.3.